The molecule has 0 spiro atoms. The monoisotopic (exact) mass is 367 g/mol. The van der Waals surface area contributed by atoms with Gasteiger partial charge in [0.25, 0.3) is 5.91 Å². The van der Waals surface area contributed by atoms with Crippen LogP contribution in [-0.2, 0) is 19.4 Å². The zero-order valence-electron chi connectivity index (χ0n) is 15.2. The summed E-state index contributed by atoms with van der Waals surface area (Å²) in [4.78, 5) is 11.4. The normalized spacial score (nSPS) is 10.8. The molecule has 0 aliphatic heterocycles. The number of amides is 1. The Balaban J connectivity index is 1.79. The van der Waals surface area contributed by atoms with Crippen LogP contribution in [0.25, 0.3) is 11.3 Å². The largest absolute Gasteiger partial charge is 0.288 e. The van der Waals surface area contributed by atoms with Gasteiger partial charge in [-0.1, -0.05) is 25.5 Å². The van der Waals surface area contributed by atoms with Gasteiger partial charge in [0.2, 0.25) is 0 Å². The molecule has 1 amide bonds. The molecule has 2 aromatic carbocycles. The van der Waals surface area contributed by atoms with Crippen LogP contribution in [0.1, 0.15) is 35.0 Å². The van der Waals surface area contributed by atoms with E-state index in [0.29, 0.717) is 12.1 Å². The van der Waals surface area contributed by atoms with Gasteiger partial charge >= 0.3 is 0 Å². The second-order valence-corrected chi connectivity index (χ2v) is 6.39. The van der Waals surface area contributed by atoms with Gasteiger partial charge in [-0.2, -0.15) is 5.10 Å². The van der Waals surface area contributed by atoms with Crippen LogP contribution < -0.4 is 5.48 Å². The highest BCUT2D eigenvalue weighted by Gasteiger charge is 2.11. The van der Waals surface area contributed by atoms with Crippen molar-refractivity contribution in [2.24, 2.45) is 0 Å². The molecule has 0 saturated carbocycles. The lowest BCUT2D eigenvalue weighted by molar-refractivity contribution is 0.0706. The summed E-state index contributed by atoms with van der Waals surface area (Å²) in [5.41, 5.74) is 6.00. The second kappa shape index (κ2) is 8.60. The van der Waals surface area contributed by atoms with E-state index >= 15 is 0 Å². The minimum absolute atomic E-state index is 0.259. The summed E-state index contributed by atoms with van der Waals surface area (Å²) in [6.07, 6.45) is 2.64. The highest BCUT2D eigenvalue weighted by atomic mass is 19.1. The molecule has 6 heteroatoms. The Labute approximate surface area is 157 Å². The Bertz CT molecular complexity index is 902. The lowest BCUT2D eigenvalue weighted by Crippen LogP contribution is -2.18. The van der Waals surface area contributed by atoms with Crippen LogP contribution in [0.4, 0.5) is 4.39 Å². The van der Waals surface area contributed by atoms with Gasteiger partial charge in [-0.25, -0.2) is 9.87 Å². The van der Waals surface area contributed by atoms with Crippen molar-refractivity contribution in [3.8, 4) is 11.3 Å². The number of halogens is 1. The quantitative estimate of drug-likeness (QED) is 0.490. The van der Waals surface area contributed by atoms with E-state index in [4.69, 9.17) is 10.3 Å². The maximum absolute atomic E-state index is 13.2. The summed E-state index contributed by atoms with van der Waals surface area (Å²) in [6.45, 7) is 2.78. The number of nitrogens with one attached hydrogen (secondary N) is 1. The Hall–Kier alpha value is -2.99. The van der Waals surface area contributed by atoms with Crippen LogP contribution in [0.2, 0.25) is 0 Å². The van der Waals surface area contributed by atoms with E-state index in [1.807, 2.05) is 16.8 Å². The predicted octanol–water partition coefficient (Wildman–Crippen LogP) is 4.00. The number of nitrogens with zero attached hydrogens (tertiary/aromatic N) is 2. The summed E-state index contributed by atoms with van der Waals surface area (Å²) in [5.74, 6) is -0.790. The Morgan fingerprint density at radius 1 is 1.11 bits per heavy atom. The second-order valence-electron chi connectivity index (χ2n) is 6.39. The average Bonchev–Trinajstić information content (AvgIpc) is 3.10. The van der Waals surface area contributed by atoms with Crippen LogP contribution in [0.15, 0.2) is 54.6 Å². The SMILES string of the molecule is CCCc1cc(-c2ccc(F)cc2)n(CCc2ccc(C(=O)NO)cc2)n1. The molecule has 3 aromatic rings. The van der Waals surface area contributed by atoms with Crippen molar-refractivity contribution in [1.82, 2.24) is 15.3 Å². The van der Waals surface area contributed by atoms with Crippen molar-refractivity contribution in [2.45, 2.75) is 32.7 Å². The number of hydroxylamine groups is 1. The third-order valence-electron chi connectivity index (χ3n) is 4.41. The number of hydrogen-bond donors (Lipinski definition) is 2. The molecule has 3 rings (SSSR count). The van der Waals surface area contributed by atoms with E-state index in [-0.39, 0.29) is 5.82 Å². The molecular weight excluding hydrogens is 345 g/mol. The van der Waals surface area contributed by atoms with E-state index in [1.165, 1.54) is 12.1 Å². The Kier molecular flexibility index (Phi) is 5.98. The predicted molar refractivity (Wildman–Crippen MR) is 101 cm³/mol. The van der Waals surface area contributed by atoms with Crippen molar-refractivity contribution in [2.75, 3.05) is 0 Å². The van der Waals surface area contributed by atoms with Crippen molar-refractivity contribution in [3.05, 3.63) is 77.2 Å². The fourth-order valence-corrected chi connectivity index (χ4v) is 2.99. The van der Waals surface area contributed by atoms with E-state index in [9.17, 15) is 9.18 Å². The minimum Gasteiger partial charge on any atom is -0.288 e. The van der Waals surface area contributed by atoms with E-state index < -0.39 is 5.91 Å². The Morgan fingerprint density at radius 2 is 1.81 bits per heavy atom. The zero-order chi connectivity index (χ0) is 19.2. The first-order valence-corrected chi connectivity index (χ1v) is 8.96. The molecule has 0 aliphatic carbocycles. The van der Waals surface area contributed by atoms with Crippen LogP contribution in [0.3, 0.4) is 0 Å². The summed E-state index contributed by atoms with van der Waals surface area (Å²) >= 11 is 0. The van der Waals surface area contributed by atoms with Gasteiger partial charge in [0, 0.05) is 12.1 Å². The lowest BCUT2D eigenvalue weighted by Gasteiger charge is -2.08. The first kappa shape index (κ1) is 18.8. The number of aromatic nitrogens is 2. The van der Waals surface area contributed by atoms with Gasteiger partial charge in [0.1, 0.15) is 5.82 Å². The molecular formula is C21H22FN3O2. The van der Waals surface area contributed by atoms with Crippen LogP contribution in [0, 0.1) is 5.82 Å². The molecule has 1 heterocycles. The van der Waals surface area contributed by atoms with E-state index in [0.717, 1.165) is 41.8 Å². The zero-order valence-corrected chi connectivity index (χ0v) is 15.2. The molecule has 140 valence electrons. The van der Waals surface area contributed by atoms with Gasteiger partial charge < -0.3 is 0 Å². The van der Waals surface area contributed by atoms with E-state index in [2.05, 4.69) is 13.0 Å². The van der Waals surface area contributed by atoms with Gasteiger partial charge in [-0.15, -0.1) is 0 Å². The van der Waals surface area contributed by atoms with Crippen LogP contribution >= 0.6 is 0 Å². The van der Waals surface area contributed by atoms with Crippen LogP contribution in [0.5, 0.6) is 0 Å². The smallest absolute Gasteiger partial charge is 0.274 e. The van der Waals surface area contributed by atoms with Gasteiger partial charge in [-0.3, -0.25) is 14.7 Å². The molecule has 0 saturated heterocycles. The number of carbonyl (C=O) groups excluding carboxylic acids is 1. The number of rotatable bonds is 7. The number of aryl methyl sites for hydroxylation is 3. The highest BCUT2D eigenvalue weighted by Crippen LogP contribution is 2.22. The molecule has 0 radical (unpaired) electrons. The highest BCUT2D eigenvalue weighted by molar-refractivity contribution is 5.93. The third-order valence-corrected chi connectivity index (χ3v) is 4.41. The van der Waals surface area contributed by atoms with Crippen molar-refractivity contribution < 1.29 is 14.4 Å². The third kappa shape index (κ3) is 4.60. The summed E-state index contributed by atoms with van der Waals surface area (Å²) in [5, 5.41) is 13.4. The summed E-state index contributed by atoms with van der Waals surface area (Å²) < 4.78 is 15.2. The number of benzene rings is 2. The van der Waals surface area contributed by atoms with Crippen molar-refractivity contribution >= 4 is 5.91 Å². The molecule has 5 nitrogen and oxygen atoms in total. The summed E-state index contributed by atoms with van der Waals surface area (Å²) in [6, 6.07) is 15.6. The molecule has 2 N–H and O–H groups in total. The molecule has 0 atom stereocenters. The first-order valence-electron chi connectivity index (χ1n) is 8.96. The van der Waals surface area contributed by atoms with Crippen molar-refractivity contribution in [3.63, 3.8) is 0 Å². The molecule has 0 aliphatic rings. The summed E-state index contributed by atoms with van der Waals surface area (Å²) in [7, 11) is 0. The van der Waals surface area contributed by atoms with Gasteiger partial charge in [0.15, 0.2) is 0 Å². The fourth-order valence-electron chi connectivity index (χ4n) is 2.99. The maximum Gasteiger partial charge on any atom is 0.274 e. The number of hydrogen-bond acceptors (Lipinski definition) is 3. The topological polar surface area (TPSA) is 67.2 Å². The van der Waals surface area contributed by atoms with Gasteiger partial charge in [0.05, 0.1) is 11.4 Å². The first-order chi connectivity index (χ1) is 13.1. The maximum atomic E-state index is 13.2. The average molecular weight is 367 g/mol. The van der Waals surface area contributed by atoms with Crippen LogP contribution in [-0.4, -0.2) is 20.9 Å². The van der Waals surface area contributed by atoms with Crippen molar-refractivity contribution in [1.29, 1.82) is 0 Å². The number of carbonyl (C=O) groups is 1. The molecule has 0 fully saturated rings. The molecule has 1 aromatic heterocycles. The Morgan fingerprint density at radius 3 is 2.44 bits per heavy atom. The van der Waals surface area contributed by atoms with Gasteiger partial charge in [-0.05, 0) is 66.4 Å². The molecule has 0 unspecified atom stereocenters. The lowest BCUT2D eigenvalue weighted by atomic mass is 10.1. The molecule has 27 heavy (non-hydrogen) atoms. The minimum atomic E-state index is -0.531. The molecule has 0 bridgehead atoms. The fraction of sp³-hybridized carbons (Fsp3) is 0.238. The standard InChI is InChI=1S/C21H22FN3O2/c1-2-3-19-14-20(16-8-10-18(22)11-9-16)25(23-19)13-12-15-4-6-17(7-5-15)21(26)24-27/h4-11,14,27H,2-3,12-13H2,1H3,(H,24,26). The van der Waals surface area contributed by atoms with E-state index in [1.54, 1.807) is 29.7 Å².